The molecule has 0 atom stereocenters. The van der Waals surface area contributed by atoms with E-state index in [1.165, 1.54) is 24.2 Å². The lowest BCUT2D eigenvalue weighted by Gasteiger charge is -2.35. The molecule has 0 N–H and O–H groups in total. The Morgan fingerprint density at radius 2 is 1.50 bits per heavy atom. The lowest BCUT2D eigenvalue weighted by molar-refractivity contribution is 0.0747. The molecule has 26 heavy (non-hydrogen) atoms. The lowest BCUT2D eigenvalue weighted by Crippen LogP contribution is -2.49. The van der Waals surface area contributed by atoms with E-state index in [9.17, 15) is 4.79 Å². The van der Waals surface area contributed by atoms with Crippen molar-refractivity contribution in [1.82, 2.24) is 15.1 Å². The van der Waals surface area contributed by atoms with Crippen LogP contribution in [0.4, 0.5) is 11.6 Å². The van der Waals surface area contributed by atoms with Crippen LogP contribution in [-0.4, -0.2) is 60.3 Å². The van der Waals surface area contributed by atoms with Crippen LogP contribution in [0.5, 0.6) is 0 Å². The average Bonchev–Trinajstić information content (AvgIpc) is 3.31. The Morgan fingerprint density at radius 1 is 0.923 bits per heavy atom. The molecule has 6 nitrogen and oxygen atoms in total. The van der Waals surface area contributed by atoms with Crippen LogP contribution in [0.2, 0.25) is 8.67 Å². The number of hydrogen-bond acceptors (Lipinski definition) is 6. The minimum Gasteiger partial charge on any atom is -0.355 e. The van der Waals surface area contributed by atoms with Crippen LogP contribution in [0, 0.1) is 0 Å². The standard InChI is InChI=1S/C17H19Cl2N5OS/c18-13-11-12(16(19)26-13)17(25)24-9-7-23(8-10-24)15-4-3-14(20-21-15)22-5-1-2-6-22/h3-4,11H,1-2,5-10H2. The molecular formula is C17H19Cl2N5OS. The first kappa shape index (κ1) is 17.8. The van der Waals surface area contributed by atoms with Gasteiger partial charge in [0.15, 0.2) is 11.6 Å². The van der Waals surface area contributed by atoms with Gasteiger partial charge in [-0.15, -0.1) is 21.5 Å². The molecule has 0 aliphatic carbocycles. The molecule has 2 fully saturated rings. The quantitative estimate of drug-likeness (QED) is 0.774. The highest BCUT2D eigenvalue weighted by Crippen LogP contribution is 2.32. The van der Waals surface area contributed by atoms with Crippen LogP contribution in [0.15, 0.2) is 18.2 Å². The Kier molecular flexibility index (Phi) is 5.20. The highest BCUT2D eigenvalue weighted by molar-refractivity contribution is 7.20. The second-order valence-electron chi connectivity index (χ2n) is 6.46. The molecule has 2 aromatic rings. The fourth-order valence-electron chi connectivity index (χ4n) is 3.40. The molecular weight excluding hydrogens is 393 g/mol. The topological polar surface area (TPSA) is 52.6 Å². The summed E-state index contributed by atoms with van der Waals surface area (Å²) in [5.41, 5.74) is 0.491. The molecule has 0 bridgehead atoms. The van der Waals surface area contributed by atoms with Gasteiger partial charge in [-0.2, -0.15) is 0 Å². The zero-order valence-electron chi connectivity index (χ0n) is 14.2. The smallest absolute Gasteiger partial charge is 0.256 e. The molecule has 2 aliphatic heterocycles. The number of carbonyl (C=O) groups is 1. The van der Waals surface area contributed by atoms with Crippen molar-refractivity contribution in [1.29, 1.82) is 0 Å². The van der Waals surface area contributed by atoms with Crippen molar-refractivity contribution in [2.24, 2.45) is 0 Å². The molecule has 0 radical (unpaired) electrons. The zero-order chi connectivity index (χ0) is 18.1. The summed E-state index contributed by atoms with van der Waals surface area (Å²) < 4.78 is 0.983. The summed E-state index contributed by atoms with van der Waals surface area (Å²) in [4.78, 5) is 18.8. The van der Waals surface area contributed by atoms with Crippen molar-refractivity contribution in [3.05, 3.63) is 32.4 Å². The van der Waals surface area contributed by atoms with Crippen molar-refractivity contribution in [3.8, 4) is 0 Å². The maximum atomic E-state index is 12.6. The van der Waals surface area contributed by atoms with Crippen molar-refractivity contribution in [2.45, 2.75) is 12.8 Å². The van der Waals surface area contributed by atoms with Gasteiger partial charge in [-0.1, -0.05) is 23.2 Å². The van der Waals surface area contributed by atoms with Crippen molar-refractivity contribution < 1.29 is 4.79 Å². The first-order chi connectivity index (χ1) is 12.6. The molecule has 0 spiro atoms. The Morgan fingerprint density at radius 3 is 2.00 bits per heavy atom. The highest BCUT2D eigenvalue weighted by atomic mass is 35.5. The molecule has 2 aromatic heterocycles. The van der Waals surface area contributed by atoms with E-state index < -0.39 is 0 Å². The normalized spacial score (nSPS) is 17.8. The van der Waals surface area contributed by atoms with Gasteiger partial charge in [0.05, 0.1) is 9.90 Å². The molecule has 0 unspecified atom stereocenters. The first-order valence-corrected chi connectivity index (χ1v) is 10.3. The minimum atomic E-state index is -0.0618. The second kappa shape index (κ2) is 7.58. The zero-order valence-corrected chi connectivity index (χ0v) is 16.5. The van der Waals surface area contributed by atoms with Crippen LogP contribution < -0.4 is 9.80 Å². The van der Waals surface area contributed by atoms with Crippen molar-refractivity contribution in [2.75, 3.05) is 49.1 Å². The van der Waals surface area contributed by atoms with Crippen LogP contribution in [0.25, 0.3) is 0 Å². The predicted octanol–water partition coefficient (Wildman–Crippen LogP) is 3.41. The Labute approximate surface area is 166 Å². The van der Waals surface area contributed by atoms with Gasteiger partial charge in [-0.3, -0.25) is 4.79 Å². The summed E-state index contributed by atoms with van der Waals surface area (Å²) in [5, 5.41) is 8.76. The lowest BCUT2D eigenvalue weighted by atomic mass is 10.2. The summed E-state index contributed by atoms with van der Waals surface area (Å²) in [6.07, 6.45) is 2.44. The largest absolute Gasteiger partial charge is 0.355 e. The maximum Gasteiger partial charge on any atom is 0.256 e. The number of thiophene rings is 1. The Hall–Kier alpha value is -1.57. The molecule has 4 heterocycles. The van der Waals surface area contributed by atoms with E-state index in [4.69, 9.17) is 23.2 Å². The van der Waals surface area contributed by atoms with Gasteiger partial charge < -0.3 is 14.7 Å². The van der Waals surface area contributed by atoms with Gasteiger partial charge in [-0.25, -0.2) is 0 Å². The fourth-order valence-corrected chi connectivity index (χ4v) is 4.84. The summed E-state index contributed by atoms with van der Waals surface area (Å²) in [5.74, 6) is 1.74. The highest BCUT2D eigenvalue weighted by Gasteiger charge is 2.26. The van der Waals surface area contributed by atoms with Crippen LogP contribution in [-0.2, 0) is 0 Å². The van der Waals surface area contributed by atoms with Crippen molar-refractivity contribution >= 4 is 52.1 Å². The van der Waals surface area contributed by atoms with Gasteiger partial charge in [0, 0.05) is 39.3 Å². The third kappa shape index (κ3) is 3.61. The van der Waals surface area contributed by atoms with Gasteiger partial charge in [-0.05, 0) is 31.0 Å². The minimum absolute atomic E-state index is 0.0618. The summed E-state index contributed by atoms with van der Waals surface area (Å²) in [6, 6.07) is 5.71. The van der Waals surface area contributed by atoms with E-state index in [0.717, 1.165) is 37.8 Å². The Bertz CT molecular complexity index is 783. The number of nitrogens with zero attached hydrogens (tertiary/aromatic N) is 5. The molecule has 4 rings (SSSR count). The third-order valence-corrected chi connectivity index (χ3v) is 6.33. The number of carbonyl (C=O) groups excluding carboxylic acids is 1. The number of hydrogen-bond donors (Lipinski definition) is 0. The van der Waals surface area contributed by atoms with E-state index in [1.54, 1.807) is 6.07 Å². The molecule has 138 valence electrons. The SMILES string of the molecule is O=C(c1cc(Cl)sc1Cl)N1CCN(c2ccc(N3CCCC3)nn2)CC1. The third-order valence-electron chi connectivity index (χ3n) is 4.84. The van der Waals surface area contributed by atoms with E-state index in [2.05, 4.69) is 20.0 Å². The molecule has 2 saturated heterocycles. The van der Waals surface area contributed by atoms with Gasteiger partial charge in [0.25, 0.3) is 5.91 Å². The molecule has 0 aromatic carbocycles. The molecule has 9 heteroatoms. The van der Waals surface area contributed by atoms with Crippen LogP contribution in [0.3, 0.4) is 0 Å². The number of anilines is 2. The number of piperazine rings is 1. The summed E-state index contributed by atoms with van der Waals surface area (Å²) >= 11 is 13.3. The van der Waals surface area contributed by atoms with Crippen LogP contribution in [0.1, 0.15) is 23.2 Å². The number of aromatic nitrogens is 2. The molecule has 1 amide bonds. The maximum absolute atomic E-state index is 12.6. The number of amides is 1. The van der Waals surface area contributed by atoms with E-state index in [0.29, 0.717) is 27.3 Å². The first-order valence-electron chi connectivity index (χ1n) is 8.69. The van der Waals surface area contributed by atoms with Gasteiger partial charge >= 0.3 is 0 Å². The van der Waals surface area contributed by atoms with Crippen molar-refractivity contribution in [3.63, 3.8) is 0 Å². The number of halogens is 2. The van der Waals surface area contributed by atoms with Gasteiger partial charge in [0.2, 0.25) is 0 Å². The average molecular weight is 412 g/mol. The van der Waals surface area contributed by atoms with E-state index >= 15 is 0 Å². The fraction of sp³-hybridized carbons (Fsp3) is 0.471. The van der Waals surface area contributed by atoms with Gasteiger partial charge in [0.1, 0.15) is 4.34 Å². The summed E-state index contributed by atoms with van der Waals surface area (Å²) in [6.45, 7) is 4.81. The van der Waals surface area contributed by atoms with E-state index in [1.807, 2.05) is 17.0 Å². The number of rotatable bonds is 3. The van der Waals surface area contributed by atoms with Crippen LogP contribution >= 0.6 is 34.5 Å². The molecule has 0 saturated carbocycles. The van der Waals surface area contributed by atoms with E-state index in [-0.39, 0.29) is 5.91 Å². The predicted molar refractivity (Wildman–Crippen MR) is 106 cm³/mol. The molecule has 2 aliphatic rings. The summed E-state index contributed by atoms with van der Waals surface area (Å²) in [7, 11) is 0. The second-order valence-corrected chi connectivity index (χ2v) is 8.75. The Balaban J connectivity index is 1.37. The monoisotopic (exact) mass is 411 g/mol.